The number of carbonyl (C=O) groups is 1. The van der Waals surface area contributed by atoms with E-state index in [-0.39, 0.29) is 5.97 Å². The molecule has 0 bridgehead atoms. The van der Waals surface area contributed by atoms with Crippen molar-refractivity contribution in [3.8, 4) is 11.5 Å². The molecule has 0 saturated heterocycles. The van der Waals surface area contributed by atoms with E-state index in [1.165, 1.54) is 5.56 Å². The summed E-state index contributed by atoms with van der Waals surface area (Å²) in [5.41, 5.74) is 5.22. The van der Waals surface area contributed by atoms with Crippen LogP contribution in [-0.2, 0) is 16.9 Å². The number of fused-ring (bicyclic) bond motifs is 8. The number of carbonyl (C=O) groups excluding carboxylic acids is 1. The van der Waals surface area contributed by atoms with Crippen LogP contribution in [0.15, 0.2) is 103 Å². The number of benzene rings is 5. The molecule has 0 fully saturated rings. The van der Waals surface area contributed by atoms with Crippen molar-refractivity contribution in [2.75, 3.05) is 23.3 Å². The maximum absolute atomic E-state index is 13.5. The molecule has 198 valence electrons. The van der Waals surface area contributed by atoms with E-state index in [1.807, 2.05) is 66.7 Å². The van der Waals surface area contributed by atoms with Gasteiger partial charge in [0.25, 0.3) is 0 Å². The molecule has 1 spiro atoms. The highest BCUT2D eigenvalue weighted by Crippen LogP contribution is 2.59. The first-order valence-corrected chi connectivity index (χ1v) is 13.9. The van der Waals surface area contributed by atoms with E-state index < -0.39 is 5.60 Å². The zero-order valence-corrected chi connectivity index (χ0v) is 22.6. The number of hydrogen-bond acceptors (Lipinski definition) is 5. The van der Waals surface area contributed by atoms with Crippen LogP contribution in [0.25, 0.3) is 10.8 Å². The zero-order valence-electron chi connectivity index (χ0n) is 22.6. The first-order chi connectivity index (χ1) is 19.7. The number of para-hydroxylation sites is 1. The van der Waals surface area contributed by atoms with Crippen molar-refractivity contribution in [2.45, 2.75) is 26.0 Å². The summed E-state index contributed by atoms with van der Waals surface area (Å²) in [6.07, 6.45) is 0. The number of anilines is 2. The summed E-state index contributed by atoms with van der Waals surface area (Å²) < 4.78 is 13.3. The first-order valence-electron chi connectivity index (χ1n) is 13.9. The van der Waals surface area contributed by atoms with Crippen molar-refractivity contribution in [3.05, 3.63) is 131 Å². The zero-order chi connectivity index (χ0) is 27.3. The monoisotopic (exact) mass is 526 g/mol. The third-order valence-electron chi connectivity index (χ3n) is 8.16. The van der Waals surface area contributed by atoms with Crippen LogP contribution in [0.5, 0.6) is 11.5 Å². The highest BCUT2D eigenvalue weighted by atomic mass is 16.6. The molecule has 7 rings (SSSR count). The smallest absolute Gasteiger partial charge is 0.340 e. The van der Waals surface area contributed by atoms with Crippen LogP contribution in [0.2, 0.25) is 0 Å². The molecule has 2 aliphatic rings. The maximum Gasteiger partial charge on any atom is 0.340 e. The average molecular weight is 527 g/mol. The van der Waals surface area contributed by atoms with Crippen molar-refractivity contribution < 1.29 is 14.3 Å². The van der Waals surface area contributed by atoms with Crippen LogP contribution in [0.4, 0.5) is 11.4 Å². The molecule has 1 N–H and O–H groups in total. The van der Waals surface area contributed by atoms with Gasteiger partial charge in [0.05, 0.1) is 16.8 Å². The highest BCUT2D eigenvalue weighted by molar-refractivity contribution is 6.03. The molecule has 5 heteroatoms. The second-order valence-corrected chi connectivity index (χ2v) is 10.2. The van der Waals surface area contributed by atoms with E-state index in [4.69, 9.17) is 9.47 Å². The summed E-state index contributed by atoms with van der Waals surface area (Å²) in [5, 5.41) is 5.65. The van der Waals surface area contributed by atoms with Crippen LogP contribution in [0.1, 0.15) is 46.5 Å². The Labute approximate surface area is 234 Å². The van der Waals surface area contributed by atoms with Gasteiger partial charge in [-0.25, -0.2) is 4.79 Å². The quantitative estimate of drug-likeness (QED) is 0.228. The van der Waals surface area contributed by atoms with E-state index in [9.17, 15) is 4.79 Å². The lowest BCUT2D eigenvalue weighted by Crippen LogP contribution is -2.34. The van der Waals surface area contributed by atoms with Crippen LogP contribution < -0.4 is 15.0 Å². The molecule has 0 radical (unpaired) electrons. The summed E-state index contributed by atoms with van der Waals surface area (Å²) in [4.78, 5) is 15.7. The minimum absolute atomic E-state index is 0.321. The van der Waals surface area contributed by atoms with E-state index in [0.717, 1.165) is 57.7 Å². The minimum atomic E-state index is -1.13. The molecular formula is C35H30N2O3. The molecule has 0 saturated carbocycles. The lowest BCUT2D eigenvalue weighted by atomic mass is 9.75. The lowest BCUT2D eigenvalue weighted by Gasteiger charge is -2.39. The standard InChI is InChI=1S/C35H30N2O3/c1-3-37(4-2)30-19-11-17-28-33(30)39-31-21-20-24-25(15-10-18-29(24)36-22-23-12-6-5-7-13-23)32(31)35(28)27-16-9-8-14-26(27)34(38)40-35/h5-21,36H,3-4,22H2,1-2H3. The number of nitrogens with one attached hydrogen (secondary N) is 1. The first kappa shape index (κ1) is 24.3. The van der Waals surface area contributed by atoms with E-state index in [0.29, 0.717) is 17.9 Å². The molecule has 5 aromatic carbocycles. The molecule has 40 heavy (non-hydrogen) atoms. The van der Waals surface area contributed by atoms with Crippen molar-refractivity contribution in [2.24, 2.45) is 0 Å². The Morgan fingerprint density at radius 1 is 0.750 bits per heavy atom. The lowest BCUT2D eigenvalue weighted by molar-refractivity contribution is 0.0229. The number of nitrogens with zero attached hydrogens (tertiary/aromatic N) is 1. The van der Waals surface area contributed by atoms with Crippen LogP contribution in [0.3, 0.4) is 0 Å². The Kier molecular flexibility index (Phi) is 5.74. The predicted octanol–water partition coefficient (Wildman–Crippen LogP) is 7.87. The topological polar surface area (TPSA) is 50.8 Å². The summed E-state index contributed by atoms with van der Waals surface area (Å²) in [5.74, 6) is 1.11. The summed E-state index contributed by atoms with van der Waals surface area (Å²) in [6.45, 7) is 6.64. The van der Waals surface area contributed by atoms with Gasteiger partial charge in [-0.3, -0.25) is 0 Å². The molecular weight excluding hydrogens is 496 g/mol. The third kappa shape index (κ3) is 3.51. The van der Waals surface area contributed by atoms with Gasteiger partial charge in [-0.15, -0.1) is 0 Å². The molecule has 0 amide bonds. The van der Waals surface area contributed by atoms with Gasteiger partial charge in [-0.2, -0.15) is 0 Å². The highest BCUT2D eigenvalue weighted by Gasteiger charge is 2.54. The van der Waals surface area contributed by atoms with Crippen molar-refractivity contribution in [1.29, 1.82) is 0 Å². The number of rotatable bonds is 6. The van der Waals surface area contributed by atoms with Gasteiger partial charge >= 0.3 is 5.97 Å². The summed E-state index contributed by atoms with van der Waals surface area (Å²) in [6, 6.07) is 34.6. The Hall–Kier alpha value is -4.77. The van der Waals surface area contributed by atoms with Crippen LogP contribution >= 0.6 is 0 Å². The molecule has 0 aromatic heterocycles. The van der Waals surface area contributed by atoms with Crippen molar-refractivity contribution in [3.63, 3.8) is 0 Å². The van der Waals surface area contributed by atoms with E-state index in [1.54, 1.807) is 0 Å². The minimum Gasteiger partial charge on any atom is -0.454 e. The molecule has 5 aromatic rings. The third-order valence-corrected chi connectivity index (χ3v) is 8.16. The number of ether oxygens (including phenoxy) is 2. The number of hydrogen-bond donors (Lipinski definition) is 1. The Morgan fingerprint density at radius 2 is 1.50 bits per heavy atom. The van der Waals surface area contributed by atoms with Gasteiger partial charge in [0.2, 0.25) is 0 Å². The molecule has 1 atom stereocenters. The fourth-order valence-electron chi connectivity index (χ4n) is 6.30. The Morgan fingerprint density at radius 3 is 2.33 bits per heavy atom. The van der Waals surface area contributed by atoms with E-state index >= 15 is 0 Å². The van der Waals surface area contributed by atoms with Gasteiger partial charge in [0, 0.05) is 41.8 Å². The van der Waals surface area contributed by atoms with E-state index in [2.05, 4.69) is 60.5 Å². The molecule has 1 unspecified atom stereocenters. The van der Waals surface area contributed by atoms with Crippen LogP contribution in [0, 0.1) is 0 Å². The van der Waals surface area contributed by atoms with Crippen molar-refractivity contribution >= 4 is 28.1 Å². The Bertz CT molecular complexity index is 1760. The van der Waals surface area contributed by atoms with Gasteiger partial charge in [0.1, 0.15) is 5.75 Å². The second-order valence-electron chi connectivity index (χ2n) is 10.2. The summed E-state index contributed by atoms with van der Waals surface area (Å²) in [7, 11) is 0. The Balaban J connectivity index is 1.48. The van der Waals surface area contributed by atoms with Crippen LogP contribution in [-0.4, -0.2) is 19.1 Å². The van der Waals surface area contributed by atoms with Gasteiger partial charge in [-0.05, 0) is 55.1 Å². The SMILES string of the molecule is CCN(CC)c1cccc2c1Oc1ccc3c(NCc4ccccc4)cccc3c1C21OC(=O)c2ccccc21. The average Bonchev–Trinajstić information content (AvgIpc) is 3.29. The van der Waals surface area contributed by atoms with Crippen molar-refractivity contribution in [1.82, 2.24) is 0 Å². The fraction of sp³-hybridized carbons (Fsp3) is 0.171. The fourth-order valence-corrected chi connectivity index (χ4v) is 6.30. The van der Waals surface area contributed by atoms with Gasteiger partial charge < -0.3 is 19.7 Å². The molecule has 2 aliphatic heterocycles. The number of esters is 1. The predicted molar refractivity (Wildman–Crippen MR) is 160 cm³/mol. The normalized spacial score (nSPS) is 16.6. The molecule has 2 heterocycles. The summed E-state index contributed by atoms with van der Waals surface area (Å²) >= 11 is 0. The maximum atomic E-state index is 13.5. The molecule has 5 nitrogen and oxygen atoms in total. The van der Waals surface area contributed by atoms with Gasteiger partial charge in [-0.1, -0.05) is 72.8 Å². The van der Waals surface area contributed by atoms with Gasteiger partial charge in [0.15, 0.2) is 11.4 Å². The second kappa shape index (κ2) is 9.45. The molecule has 0 aliphatic carbocycles. The largest absolute Gasteiger partial charge is 0.454 e.